The zero-order valence-electron chi connectivity index (χ0n) is 18.0. The Hall–Kier alpha value is -1.92. The van der Waals surface area contributed by atoms with Crippen molar-refractivity contribution < 1.29 is 24.0 Å². The van der Waals surface area contributed by atoms with Crippen molar-refractivity contribution in [3.8, 4) is 0 Å². The predicted molar refractivity (Wildman–Crippen MR) is 111 cm³/mol. The summed E-state index contributed by atoms with van der Waals surface area (Å²) in [6.07, 6.45) is 14.9. The molecule has 0 aliphatic carbocycles. The standard InChI is InChI=1S/C22H38N2O5/c1-2-3-4-5-6-7-8-9-10-11-12-14-19(25)23-18-13-15-22(28)29-24-20(26)16-17-21(24)27/h2-18H2,1H3,(H,23,25). The number of imide groups is 1. The fourth-order valence-corrected chi connectivity index (χ4v) is 3.30. The number of nitrogens with zero attached hydrogens (tertiary/aromatic N) is 1. The van der Waals surface area contributed by atoms with Crippen LogP contribution in [0.1, 0.15) is 110 Å². The van der Waals surface area contributed by atoms with Gasteiger partial charge in [-0.25, -0.2) is 4.79 Å². The average molecular weight is 411 g/mol. The molecule has 0 aromatic heterocycles. The first-order chi connectivity index (χ1) is 14.0. The van der Waals surface area contributed by atoms with Crippen LogP contribution in [0.25, 0.3) is 0 Å². The minimum atomic E-state index is -0.631. The molecule has 0 spiro atoms. The van der Waals surface area contributed by atoms with Crippen LogP contribution in [0.3, 0.4) is 0 Å². The Morgan fingerprint density at radius 1 is 0.793 bits per heavy atom. The van der Waals surface area contributed by atoms with E-state index in [9.17, 15) is 19.2 Å². The van der Waals surface area contributed by atoms with E-state index in [1.807, 2.05) is 0 Å². The van der Waals surface area contributed by atoms with Gasteiger partial charge in [0.2, 0.25) is 5.91 Å². The first-order valence-electron chi connectivity index (χ1n) is 11.4. The van der Waals surface area contributed by atoms with E-state index in [1.54, 1.807) is 0 Å². The number of carbonyl (C=O) groups excluding carboxylic acids is 4. The van der Waals surface area contributed by atoms with Gasteiger partial charge < -0.3 is 10.2 Å². The van der Waals surface area contributed by atoms with E-state index >= 15 is 0 Å². The van der Waals surface area contributed by atoms with Gasteiger partial charge in [0.25, 0.3) is 11.8 Å². The first-order valence-corrected chi connectivity index (χ1v) is 11.4. The van der Waals surface area contributed by atoms with Crippen LogP contribution in [0, 0.1) is 0 Å². The molecule has 0 bridgehead atoms. The van der Waals surface area contributed by atoms with Crippen molar-refractivity contribution in [2.75, 3.05) is 6.54 Å². The summed E-state index contributed by atoms with van der Waals surface area (Å²) in [5, 5.41) is 3.34. The van der Waals surface area contributed by atoms with Gasteiger partial charge in [0, 0.05) is 32.2 Å². The molecule has 1 aliphatic heterocycles. The molecule has 1 heterocycles. The van der Waals surface area contributed by atoms with E-state index in [0.29, 0.717) is 24.4 Å². The summed E-state index contributed by atoms with van der Waals surface area (Å²) in [6, 6.07) is 0. The van der Waals surface area contributed by atoms with Gasteiger partial charge in [-0.2, -0.15) is 0 Å². The molecule has 29 heavy (non-hydrogen) atoms. The second-order valence-electron chi connectivity index (χ2n) is 7.78. The Labute approximate surface area is 174 Å². The molecule has 0 aromatic rings. The minimum Gasteiger partial charge on any atom is -0.356 e. The van der Waals surface area contributed by atoms with Gasteiger partial charge in [-0.3, -0.25) is 14.4 Å². The summed E-state index contributed by atoms with van der Waals surface area (Å²) in [5.74, 6) is -1.60. The molecular weight excluding hydrogens is 372 g/mol. The third kappa shape index (κ3) is 12.3. The van der Waals surface area contributed by atoms with E-state index in [-0.39, 0.29) is 25.2 Å². The molecule has 1 aliphatic rings. The zero-order chi connectivity index (χ0) is 21.3. The van der Waals surface area contributed by atoms with Crippen LogP contribution in [0.15, 0.2) is 0 Å². The SMILES string of the molecule is CCCCCCCCCCCCCC(=O)NCCCC(=O)ON1C(=O)CCC1=O. The fraction of sp³-hybridized carbons (Fsp3) is 0.818. The predicted octanol–water partition coefficient (Wildman–Crippen LogP) is 4.19. The van der Waals surface area contributed by atoms with Crippen molar-refractivity contribution >= 4 is 23.7 Å². The molecule has 1 N–H and O–H groups in total. The summed E-state index contributed by atoms with van der Waals surface area (Å²) < 4.78 is 0. The summed E-state index contributed by atoms with van der Waals surface area (Å²) in [5.41, 5.74) is 0. The Morgan fingerprint density at radius 2 is 1.31 bits per heavy atom. The van der Waals surface area contributed by atoms with Crippen LogP contribution < -0.4 is 5.32 Å². The lowest BCUT2D eigenvalue weighted by Crippen LogP contribution is -2.32. The highest BCUT2D eigenvalue weighted by Crippen LogP contribution is 2.13. The fourth-order valence-electron chi connectivity index (χ4n) is 3.30. The van der Waals surface area contributed by atoms with Gasteiger partial charge >= 0.3 is 5.97 Å². The van der Waals surface area contributed by atoms with E-state index in [2.05, 4.69) is 12.2 Å². The quantitative estimate of drug-likeness (QED) is 0.287. The summed E-state index contributed by atoms with van der Waals surface area (Å²) in [4.78, 5) is 50.9. The highest BCUT2D eigenvalue weighted by Gasteiger charge is 2.32. The highest BCUT2D eigenvalue weighted by atomic mass is 16.7. The lowest BCUT2D eigenvalue weighted by Gasteiger charge is -2.12. The topological polar surface area (TPSA) is 92.8 Å². The van der Waals surface area contributed by atoms with Crippen molar-refractivity contribution in [3.05, 3.63) is 0 Å². The molecule has 1 rings (SSSR count). The molecule has 3 amide bonds. The maximum absolute atomic E-state index is 11.8. The van der Waals surface area contributed by atoms with Crippen molar-refractivity contribution in [1.82, 2.24) is 10.4 Å². The zero-order valence-corrected chi connectivity index (χ0v) is 18.0. The number of hydroxylamine groups is 2. The normalized spacial score (nSPS) is 13.8. The smallest absolute Gasteiger partial charge is 0.333 e. The largest absolute Gasteiger partial charge is 0.356 e. The van der Waals surface area contributed by atoms with Gasteiger partial charge in [-0.1, -0.05) is 71.1 Å². The van der Waals surface area contributed by atoms with Crippen LogP contribution in [0.4, 0.5) is 0 Å². The number of carbonyl (C=O) groups is 4. The van der Waals surface area contributed by atoms with Gasteiger partial charge in [-0.15, -0.1) is 5.06 Å². The molecule has 1 fully saturated rings. The van der Waals surface area contributed by atoms with Gasteiger partial charge in [0.1, 0.15) is 0 Å². The first kappa shape index (κ1) is 25.1. The monoisotopic (exact) mass is 410 g/mol. The molecule has 0 aromatic carbocycles. The third-order valence-corrected chi connectivity index (χ3v) is 5.09. The second kappa shape index (κ2) is 15.9. The van der Waals surface area contributed by atoms with E-state index < -0.39 is 17.8 Å². The molecule has 166 valence electrons. The van der Waals surface area contributed by atoms with Gasteiger partial charge in [-0.05, 0) is 12.8 Å². The minimum absolute atomic E-state index is 0.000750. The number of hydrogen-bond donors (Lipinski definition) is 1. The average Bonchev–Trinajstić information content (AvgIpc) is 3.01. The molecule has 0 radical (unpaired) electrons. The summed E-state index contributed by atoms with van der Waals surface area (Å²) >= 11 is 0. The molecule has 0 saturated carbocycles. The highest BCUT2D eigenvalue weighted by molar-refractivity contribution is 6.01. The maximum Gasteiger partial charge on any atom is 0.333 e. The van der Waals surface area contributed by atoms with Crippen molar-refractivity contribution in [3.63, 3.8) is 0 Å². The molecule has 1 saturated heterocycles. The molecule has 7 nitrogen and oxygen atoms in total. The molecular formula is C22H38N2O5. The second-order valence-corrected chi connectivity index (χ2v) is 7.78. The van der Waals surface area contributed by atoms with E-state index in [4.69, 9.17) is 4.84 Å². The Kier molecular flexibility index (Phi) is 13.8. The summed E-state index contributed by atoms with van der Waals surface area (Å²) in [7, 11) is 0. The Morgan fingerprint density at radius 3 is 1.86 bits per heavy atom. The van der Waals surface area contributed by atoms with E-state index in [1.165, 1.54) is 57.8 Å². The van der Waals surface area contributed by atoms with Crippen LogP contribution in [-0.2, 0) is 24.0 Å². The van der Waals surface area contributed by atoms with Crippen molar-refractivity contribution in [2.24, 2.45) is 0 Å². The van der Waals surface area contributed by atoms with Crippen molar-refractivity contribution in [1.29, 1.82) is 0 Å². The lowest BCUT2D eigenvalue weighted by atomic mass is 10.1. The number of amides is 3. The Balaban J connectivity index is 1.88. The van der Waals surface area contributed by atoms with Crippen molar-refractivity contribution in [2.45, 2.75) is 110 Å². The van der Waals surface area contributed by atoms with Gasteiger partial charge in [0.15, 0.2) is 0 Å². The third-order valence-electron chi connectivity index (χ3n) is 5.09. The lowest BCUT2D eigenvalue weighted by molar-refractivity contribution is -0.197. The van der Waals surface area contributed by atoms with Crippen LogP contribution in [0.2, 0.25) is 0 Å². The molecule has 0 atom stereocenters. The summed E-state index contributed by atoms with van der Waals surface area (Å²) in [6.45, 7) is 2.62. The van der Waals surface area contributed by atoms with Gasteiger partial charge in [0.05, 0.1) is 0 Å². The molecule has 0 unspecified atom stereocenters. The maximum atomic E-state index is 11.8. The van der Waals surface area contributed by atoms with Crippen LogP contribution >= 0.6 is 0 Å². The number of nitrogens with one attached hydrogen (secondary N) is 1. The molecule has 7 heteroatoms. The van der Waals surface area contributed by atoms with E-state index in [0.717, 1.165) is 12.8 Å². The van der Waals surface area contributed by atoms with Crippen LogP contribution in [-0.4, -0.2) is 35.3 Å². The van der Waals surface area contributed by atoms with Crippen LogP contribution in [0.5, 0.6) is 0 Å². The number of hydrogen-bond acceptors (Lipinski definition) is 5. The number of unbranched alkanes of at least 4 members (excludes halogenated alkanes) is 10. The number of rotatable bonds is 17. The Bertz CT molecular complexity index is 505.